The molecule has 1 heterocycles. The second-order valence-electron chi connectivity index (χ2n) is 5.51. The van der Waals surface area contributed by atoms with Gasteiger partial charge >= 0.3 is 0 Å². The fourth-order valence-electron chi connectivity index (χ4n) is 3.56. The Labute approximate surface area is 104 Å². The number of hydrogen-bond acceptors (Lipinski definition) is 1. The van der Waals surface area contributed by atoms with Crippen LogP contribution in [0.25, 0.3) is 6.08 Å². The smallest absolute Gasteiger partial charge is 0.0191 e. The number of piperidine rings is 1. The van der Waals surface area contributed by atoms with Crippen molar-refractivity contribution in [3.8, 4) is 0 Å². The van der Waals surface area contributed by atoms with E-state index >= 15 is 0 Å². The molecular weight excluding hydrogens is 206 g/mol. The van der Waals surface area contributed by atoms with Gasteiger partial charge in [0.25, 0.3) is 0 Å². The molecule has 0 amide bonds. The van der Waals surface area contributed by atoms with E-state index < -0.39 is 0 Å². The first kappa shape index (κ1) is 11.0. The van der Waals surface area contributed by atoms with Crippen molar-refractivity contribution < 1.29 is 0 Å². The third-order valence-corrected chi connectivity index (χ3v) is 4.72. The molecular formula is C16H21N. The maximum absolute atomic E-state index is 2.57. The van der Waals surface area contributed by atoms with E-state index in [1.54, 1.807) is 5.56 Å². The van der Waals surface area contributed by atoms with Crippen LogP contribution in [0, 0.1) is 5.92 Å². The average Bonchev–Trinajstić information content (AvgIpc) is 2.74. The van der Waals surface area contributed by atoms with Gasteiger partial charge in [-0.2, -0.15) is 0 Å². The molecule has 1 aliphatic carbocycles. The Hall–Kier alpha value is -1.08. The Bertz CT molecular complexity index is 449. The van der Waals surface area contributed by atoms with Crippen molar-refractivity contribution in [1.29, 1.82) is 0 Å². The Morgan fingerprint density at radius 2 is 2.18 bits per heavy atom. The lowest BCUT2D eigenvalue weighted by atomic mass is 9.68. The largest absolute Gasteiger partial charge is 0.303 e. The zero-order chi connectivity index (χ0) is 11.9. The van der Waals surface area contributed by atoms with Crippen molar-refractivity contribution >= 4 is 6.08 Å². The maximum atomic E-state index is 2.57. The second-order valence-corrected chi connectivity index (χ2v) is 5.51. The highest BCUT2D eigenvalue weighted by Gasteiger charge is 2.42. The van der Waals surface area contributed by atoms with Crippen molar-refractivity contribution in [3.05, 3.63) is 41.5 Å². The van der Waals surface area contributed by atoms with Gasteiger partial charge in [0.15, 0.2) is 0 Å². The van der Waals surface area contributed by atoms with E-state index in [2.05, 4.69) is 55.2 Å². The van der Waals surface area contributed by atoms with Crippen molar-refractivity contribution in [3.63, 3.8) is 0 Å². The summed E-state index contributed by atoms with van der Waals surface area (Å²) in [5.74, 6) is 0.719. The standard InChI is InChI=1S/C16H21N/c1-3-17-11-10-16(13(2)12-17)9-8-14-6-4-5-7-15(14)16/h4-9,13H,3,10-12H2,1-2H3. The summed E-state index contributed by atoms with van der Waals surface area (Å²) in [4.78, 5) is 2.57. The van der Waals surface area contributed by atoms with Crippen LogP contribution in [-0.4, -0.2) is 24.5 Å². The molecule has 1 aromatic rings. The molecule has 1 saturated heterocycles. The van der Waals surface area contributed by atoms with Crippen LogP contribution in [0.15, 0.2) is 30.3 Å². The minimum absolute atomic E-state index is 0.322. The molecule has 0 aromatic heterocycles. The molecule has 1 fully saturated rings. The summed E-state index contributed by atoms with van der Waals surface area (Å²) in [7, 11) is 0. The Balaban J connectivity index is 1.97. The van der Waals surface area contributed by atoms with Crippen LogP contribution in [0.2, 0.25) is 0 Å². The van der Waals surface area contributed by atoms with Crippen molar-refractivity contribution in [2.75, 3.05) is 19.6 Å². The Kier molecular flexibility index (Phi) is 2.59. The summed E-state index contributed by atoms with van der Waals surface area (Å²) in [6.45, 7) is 8.33. The van der Waals surface area contributed by atoms with E-state index in [-0.39, 0.29) is 0 Å². The summed E-state index contributed by atoms with van der Waals surface area (Å²) in [6, 6.07) is 8.91. The third-order valence-electron chi connectivity index (χ3n) is 4.72. The Morgan fingerprint density at radius 3 is 2.94 bits per heavy atom. The molecule has 2 unspecified atom stereocenters. The first-order valence-corrected chi connectivity index (χ1v) is 6.77. The summed E-state index contributed by atoms with van der Waals surface area (Å²) in [5.41, 5.74) is 3.31. The first-order valence-electron chi connectivity index (χ1n) is 6.77. The number of fused-ring (bicyclic) bond motifs is 2. The molecule has 0 bridgehead atoms. The van der Waals surface area contributed by atoms with Gasteiger partial charge in [-0.15, -0.1) is 0 Å². The summed E-state index contributed by atoms with van der Waals surface area (Å²) < 4.78 is 0. The van der Waals surface area contributed by atoms with Crippen LogP contribution in [0.5, 0.6) is 0 Å². The molecule has 1 heteroatoms. The van der Waals surface area contributed by atoms with E-state index in [0.29, 0.717) is 5.41 Å². The van der Waals surface area contributed by atoms with Crippen LogP contribution in [0.4, 0.5) is 0 Å². The molecule has 1 spiro atoms. The number of benzene rings is 1. The normalized spacial score (nSPS) is 32.0. The summed E-state index contributed by atoms with van der Waals surface area (Å²) >= 11 is 0. The zero-order valence-electron chi connectivity index (χ0n) is 10.8. The molecule has 1 nitrogen and oxygen atoms in total. The van der Waals surface area contributed by atoms with Gasteiger partial charge in [-0.05, 0) is 36.6 Å². The van der Waals surface area contributed by atoms with Gasteiger partial charge in [0.1, 0.15) is 0 Å². The fraction of sp³-hybridized carbons (Fsp3) is 0.500. The van der Waals surface area contributed by atoms with E-state index in [9.17, 15) is 0 Å². The lowest BCUT2D eigenvalue weighted by molar-refractivity contribution is 0.135. The number of likely N-dealkylation sites (tertiary alicyclic amines) is 1. The average molecular weight is 227 g/mol. The highest BCUT2D eigenvalue weighted by Crippen LogP contribution is 2.46. The van der Waals surface area contributed by atoms with Gasteiger partial charge in [-0.1, -0.05) is 50.3 Å². The van der Waals surface area contributed by atoms with Crippen LogP contribution in [0.3, 0.4) is 0 Å². The van der Waals surface area contributed by atoms with Crippen LogP contribution in [-0.2, 0) is 5.41 Å². The molecule has 0 saturated carbocycles. The monoisotopic (exact) mass is 227 g/mol. The predicted octanol–water partition coefficient (Wildman–Crippen LogP) is 3.31. The van der Waals surface area contributed by atoms with Gasteiger partial charge in [-0.3, -0.25) is 0 Å². The van der Waals surface area contributed by atoms with Crippen LogP contribution < -0.4 is 0 Å². The van der Waals surface area contributed by atoms with Crippen molar-refractivity contribution in [2.24, 2.45) is 5.92 Å². The quantitative estimate of drug-likeness (QED) is 0.711. The van der Waals surface area contributed by atoms with E-state index in [0.717, 1.165) is 5.92 Å². The summed E-state index contributed by atoms with van der Waals surface area (Å²) in [6.07, 6.45) is 6.07. The second kappa shape index (κ2) is 3.99. The molecule has 90 valence electrons. The molecule has 0 N–H and O–H groups in total. The third kappa shape index (κ3) is 1.56. The van der Waals surface area contributed by atoms with E-state index in [4.69, 9.17) is 0 Å². The molecule has 17 heavy (non-hydrogen) atoms. The number of nitrogens with zero attached hydrogens (tertiary/aromatic N) is 1. The summed E-state index contributed by atoms with van der Waals surface area (Å²) in [5, 5.41) is 0. The minimum atomic E-state index is 0.322. The fourth-order valence-corrected chi connectivity index (χ4v) is 3.56. The SMILES string of the molecule is CCN1CCC2(C=Cc3ccccc32)C(C)C1. The van der Waals surface area contributed by atoms with E-state index in [1.807, 2.05) is 0 Å². The van der Waals surface area contributed by atoms with Crippen molar-refractivity contribution in [2.45, 2.75) is 25.7 Å². The van der Waals surface area contributed by atoms with Gasteiger partial charge in [0.2, 0.25) is 0 Å². The topological polar surface area (TPSA) is 3.24 Å². The van der Waals surface area contributed by atoms with Crippen molar-refractivity contribution in [1.82, 2.24) is 4.90 Å². The van der Waals surface area contributed by atoms with Gasteiger partial charge in [0.05, 0.1) is 0 Å². The van der Waals surface area contributed by atoms with Crippen LogP contribution >= 0.6 is 0 Å². The number of rotatable bonds is 1. The molecule has 2 atom stereocenters. The zero-order valence-corrected chi connectivity index (χ0v) is 10.8. The molecule has 2 aliphatic rings. The molecule has 1 aliphatic heterocycles. The number of hydrogen-bond donors (Lipinski definition) is 0. The van der Waals surface area contributed by atoms with Gasteiger partial charge < -0.3 is 4.90 Å². The molecule has 1 aromatic carbocycles. The Morgan fingerprint density at radius 1 is 1.35 bits per heavy atom. The minimum Gasteiger partial charge on any atom is -0.303 e. The van der Waals surface area contributed by atoms with Crippen LogP contribution in [0.1, 0.15) is 31.4 Å². The number of allylic oxidation sites excluding steroid dienone is 1. The molecule has 3 rings (SSSR count). The highest BCUT2D eigenvalue weighted by atomic mass is 15.1. The van der Waals surface area contributed by atoms with Gasteiger partial charge in [-0.25, -0.2) is 0 Å². The maximum Gasteiger partial charge on any atom is 0.0191 e. The van der Waals surface area contributed by atoms with Gasteiger partial charge in [0, 0.05) is 12.0 Å². The lowest BCUT2D eigenvalue weighted by Gasteiger charge is -2.44. The molecule has 0 radical (unpaired) electrons. The highest BCUT2D eigenvalue weighted by molar-refractivity contribution is 5.65. The van der Waals surface area contributed by atoms with E-state index in [1.165, 1.54) is 31.6 Å². The predicted molar refractivity (Wildman–Crippen MR) is 73.0 cm³/mol. The first-order chi connectivity index (χ1) is 8.26. The lowest BCUT2D eigenvalue weighted by Crippen LogP contribution is -2.47.